The minimum absolute atomic E-state index is 0.0590. The Labute approximate surface area is 149 Å². The summed E-state index contributed by atoms with van der Waals surface area (Å²) in [5.74, 6) is 0.0590. The lowest BCUT2D eigenvalue weighted by molar-refractivity contribution is -0.142. The van der Waals surface area contributed by atoms with Crippen LogP contribution in [0.25, 0.3) is 10.2 Å². The fourth-order valence-electron chi connectivity index (χ4n) is 3.20. The Morgan fingerprint density at radius 3 is 2.64 bits per heavy atom. The van der Waals surface area contributed by atoms with Crippen molar-refractivity contribution in [2.45, 2.75) is 18.9 Å². The van der Waals surface area contributed by atoms with Crippen LogP contribution in [0.5, 0.6) is 0 Å². The van der Waals surface area contributed by atoms with Gasteiger partial charge in [0.05, 0.1) is 10.2 Å². The number of benzene rings is 1. The van der Waals surface area contributed by atoms with Crippen LogP contribution in [0.2, 0.25) is 0 Å². The van der Waals surface area contributed by atoms with E-state index in [2.05, 4.69) is 10.3 Å². The van der Waals surface area contributed by atoms with Gasteiger partial charge in [-0.05, 0) is 25.0 Å². The number of anilines is 1. The van der Waals surface area contributed by atoms with E-state index in [1.165, 1.54) is 11.3 Å². The minimum Gasteiger partial charge on any atom is -0.368 e. The molecule has 4 rings (SSSR count). The van der Waals surface area contributed by atoms with Crippen LogP contribution in [0.4, 0.5) is 9.93 Å². The van der Waals surface area contributed by atoms with Gasteiger partial charge in [0.15, 0.2) is 5.13 Å². The predicted octanol–water partition coefficient (Wildman–Crippen LogP) is 2.15. The monoisotopic (exact) mass is 360 g/mol. The van der Waals surface area contributed by atoms with Crippen molar-refractivity contribution in [1.29, 1.82) is 0 Å². The zero-order valence-corrected chi connectivity index (χ0v) is 14.6. The van der Waals surface area contributed by atoms with Gasteiger partial charge < -0.3 is 14.5 Å². The Morgan fingerprint density at radius 2 is 1.92 bits per heavy atom. The Balaban J connectivity index is 1.32. The Hall–Kier alpha value is -2.19. The average Bonchev–Trinajstić information content (AvgIpc) is 3.30. The van der Waals surface area contributed by atoms with Gasteiger partial charge in [0.25, 0.3) is 5.91 Å². The largest absolute Gasteiger partial charge is 0.368 e. The number of amides is 3. The van der Waals surface area contributed by atoms with Gasteiger partial charge in [0.2, 0.25) is 0 Å². The maximum atomic E-state index is 12.4. The van der Waals surface area contributed by atoms with E-state index >= 15 is 0 Å². The molecular formula is C17H20N4O3S. The molecule has 2 saturated heterocycles. The third-order valence-electron chi connectivity index (χ3n) is 4.59. The van der Waals surface area contributed by atoms with Crippen LogP contribution in [0.15, 0.2) is 24.3 Å². The first-order valence-electron chi connectivity index (χ1n) is 8.52. The maximum Gasteiger partial charge on any atom is 0.323 e. The number of aromatic nitrogens is 1. The van der Waals surface area contributed by atoms with Gasteiger partial charge in [-0.15, -0.1) is 0 Å². The van der Waals surface area contributed by atoms with Gasteiger partial charge in [0.1, 0.15) is 6.10 Å². The lowest BCUT2D eigenvalue weighted by Gasteiger charge is -2.35. The Morgan fingerprint density at radius 1 is 1.16 bits per heavy atom. The molecule has 0 radical (unpaired) electrons. The molecule has 2 fully saturated rings. The SMILES string of the molecule is O=C(Nc1nc2ccccc2s1)N1CCN(C(=O)[C@H]2CCCO2)CC1. The van der Waals surface area contributed by atoms with Gasteiger partial charge in [-0.1, -0.05) is 23.5 Å². The molecule has 0 unspecified atom stereocenters. The highest BCUT2D eigenvalue weighted by Crippen LogP contribution is 2.25. The van der Waals surface area contributed by atoms with Crippen molar-refractivity contribution in [2.75, 3.05) is 38.1 Å². The van der Waals surface area contributed by atoms with Crippen LogP contribution in [-0.2, 0) is 9.53 Å². The van der Waals surface area contributed by atoms with Crippen LogP contribution in [-0.4, -0.2) is 65.6 Å². The zero-order chi connectivity index (χ0) is 17.2. The van der Waals surface area contributed by atoms with Crippen molar-refractivity contribution in [2.24, 2.45) is 0 Å². The minimum atomic E-state index is -0.289. The van der Waals surface area contributed by atoms with Crippen molar-refractivity contribution in [3.8, 4) is 0 Å². The van der Waals surface area contributed by atoms with E-state index in [9.17, 15) is 9.59 Å². The second-order valence-electron chi connectivity index (χ2n) is 6.23. The van der Waals surface area contributed by atoms with Gasteiger partial charge in [-0.2, -0.15) is 0 Å². The van der Waals surface area contributed by atoms with Crippen molar-refractivity contribution in [3.05, 3.63) is 24.3 Å². The number of hydrogen-bond acceptors (Lipinski definition) is 5. The van der Waals surface area contributed by atoms with Gasteiger partial charge in [0, 0.05) is 32.8 Å². The van der Waals surface area contributed by atoms with Gasteiger partial charge in [-0.3, -0.25) is 10.1 Å². The van der Waals surface area contributed by atoms with E-state index < -0.39 is 0 Å². The van der Waals surface area contributed by atoms with Gasteiger partial charge in [-0.25, -0.2) is 9.78 Å². The van der Waals surface area contributed by atoms with Gasteiger partial charge >= 0.3 is 6.03 Å². The molecule has 1 aromatic carbocycles. The van der Waals surface area contributed by atoms with Crippen LogP contribution >= 0.6 is 11.3 Å². The molecule has 1 atom stereocenters. The average molecular weight is 360 g/mol. The van der Waals surface area contributed by atoms with Crippen LogP contribution in [0.1, 0.15) is 12.8 Å². The molecule has 2 aliphatic rings. The second-order valence-corrected chi connectivity index (χ2v) is 7.26. The van der Waals surface area contributed by atoms with Crippen molar-refractivity contribution in [1.82, 2.24) is 14.8 Å². The summed E-state index contributed by atoms with van der Waals surface area (Å²) in [7, 11) is 0. The number of nitrogens with zero attached hydrogens (tertiary/aromatic N) is 3. The van der Waals surface area contributed by atoms with E-state index in [4.69, 9.17) is 4.74 Å². The smallest absolute Gasteiger partial charge is 0.323 e. The molecule has 8 heteroatoms. The number of ether oxygens (including phenoxy) is 1. The molecule has 3 heterocycles. The summed E-state index contributed by atoms with van der Waals surface area (Å²) >= 11 is 1.46. The normalized spacial score (nSPS) is 20.9. The summed E-state index contributed by atoms with van der Waals surface area (Å²) in [6, 6.07) is 7.63. The molecule has 0 aliphatic carbocycles. The van der Waals surface area contributed by atoms with E-state index in [0.29, 0.717) is 37.9 Å². The third-order valence-corrected chi connectivity index (χ3v) is 5.54. The molecule has 7 nitrogen and oxygen atoms in total. The highest BCUT2D eigenvalue weighted by Gasteiger charge is 2.31. The topological polar surface area (TPSA) is 74.8 Å². The highest BCUT2D eigenvalue weighted by molar-refractivity contribution is 7.22. The molecule has 0 saturated carbocycles. The molecule has 0 spiro atoms. The molecule has 132 valence electrons. The molecule has 2 aromatic rings. The summed E-state index contributed by atoms with van der Waals surface area (Å²) in [5, 5.41) is 3.47. The Kier molecular flexibility index (Phi) is 4.54. The summed E-state index contributed by atoms with van der Waals surface area (Å²) in [6.07, 6.45) is 1.46. The molecule has 1 aromatic heterocycles. The number of para-hydroxylation sites is 1. The highest BCUT2D eigenvalue weighted by atomic mass is 32.1. The number of fused-ring (bicyclic) bond motifs is 1. The quantitative estimate of drug-likeness (QED) is 0.890. The third kappa shape index (κ3) is 3.45. The number of carbonyl (C=O) groups is 2. The number of thiazole rings is 1. The van der Waals surface area contributed by atoms with Crippen molar-refractivity contribution < 1.29 is 14.3 Å². The number of urea groups is 1. The molecule has 1 N–H and O–H groups in total. The number of nitrogens with one attached hydrogen (secondary N) is 1. The van der Waals surface area contributed by atoms with E-state index in [0.717, 1.165) is 23.1 Å². The number of piperazine rings is 1. The summed E-state index contributed by atoms with van der Waals surface area (Å²) in [5.41, 5.74) is 0.884. The summed E-state index contributed by atoms with van der Waals surface area (Å²) in [4.78, 5) is 32.7. The maximum absolute atomic E-state index is 12.4. The second kappa shape index (κ2) is 6.97. The lowest BCUT2D eigenvalue weighted by Crippen LogP contribution is -2.53. The summed E-state index contributed by atoms with van der Waals surface area (Å²) < 4.78 is 6.51. The van der Waals surface area contributed by atoms with Crippen LogP contribution < -0.4 is 5.32 Å². The lowest BCUT2D eigenvalue weighted by atomic mass is 10.2. The standard InChI is InChI=1S/C17H20N4O3S/c22-15(13-5-3-11-24-13)20-7-9-21(10-8-20)17(23)19-16-18-12-4-1-2-6-14(12)25-16/h1-2,4,6,13H,3,5,7-11H2,(H,18,19,23)/t13-/m1/s1. The zero-order valence-electron chi connectivity index (χ0n) is 13.8. The Bertz CT molecular complexity index is 746. The molecule has 2 aliphatic heterocycles. The van der Waals surface area contributed by atoms with Crippen LogP contribution in [0.3, 0.4) is 0 Å². The van der Waals surface area contributed by atoms with E-state index in [1.54, 1.807) is 9.80 Å². The first-order valence-corrected chi connectivity index (χ1v) is 9.34. The van der Waals surface area contributed by atoms with Crippen LogP contribution in [0, 0.1) is 0 Å². The van der Waals surface area contributed by atoms with Crippen molar-refractivity contribution >= 4 is 38.6 Å². The fraction of sp³-hybridized carbons (Fsp3) is 0.471. The first-order chi connectivity index (χ1) is 12.2. The first kappa shape index (κ1) is 16.3. The number of carbonyl (C=O) groups excluding carboxylic acids is 2. The summed E-state index contributed by atoms with van der Waals surface area (Å²) in [6.45, 7) is 2.81. The van der Waals surface area contributed by atoms with E-state index in [1.807, 2.05) is 24.3 Å². The molecule has 0 bridgehead atoms. The molecular weight excluding hydrogens is 340 g/mol. The molecule has 25 heavy (non-hydrogen) atoms. The number of hydrogen-bond donors (Lipinski definition) is 1. The predicted molar refractivity (Wildman–Crippen MR) is 95.8 cm³/mol. The molecule has 3 amide bonds. The fourth-order valence-corrected chi connectivity index (χ4v) is 4.06. The van der Waals surface area contributed by atoms with Crippen molar-refractivity contribution in [3.63, 3.8) is 0 Å². The van der Waals surface area contributed by atoms with E-state index in [-0.39, 0.29) is 18.0 Å². The number of rotatable bonds is 2.